The summed E-state index contributed by atoms with van der Waals surface area (Å²) in [6.45, 7) is 6.68. The number of rotatable bonds is 2. The molecule has 4 bridgehead atoms. The van der Waals surface area contributed by atoms with Crippen molar-refractivity contribution in [3.8, 4) is 0 Å². The number of piperidine rings is 2. The van der Waals surface area contributed by atoms with Gasteiger partial charge in [0.25, 0.3) is 0 Å². The number of nitrogens with one attached hydrogen (secondary N) is 1. The van der Waals surface area contributed by atoms with E-state index in [9.17, 15) is 0 Å². The van der Waals surface area contributed by atoms with Gasteiger partial charge in [-0.25, -0.2) is 0 Å². The first-order valence-electron chi connectivity index (χ1n) is 7.44. The summed E-state index contributed by atoms with van der Waals surface area (Å²) in [5.41, 5.74) is 0.588. The Balaban J connectivity index is 1.70. The lowest BCUT2D eigenvalue weighted by Gasteiger charge is -2.65. The van der Waals surface area contributed by atoms with Crippen LogP contribution in [0.3, 0.4) is 0 Å². The molecule has 3 nitrogen and oxygen atoms in total. The fourth-order valence-corrected chi connectivity index (χ4v) is 5.64. The predicted molar refractivity (Wildman–Crippen MR) is 68.7 cm³/mol. The van der Waals surface area contributed by atoms with E-state index in [1.807, 2.05) is 0 Å². The van der Waals surface area contributed by atoms with Gasteiger partial charge in [0.15, 0.2) is 0 Å². The molecule has 1 aliphatic carbocycles. The minimum Gasteiger partial charge on any atom is -0.316 e. The molecule has 5 fully saturated rings. The van der Waals surface area contributed by atoms with Gasteiger partial charge in [0, 0.05) is 43.6 Å². The van der Waals surface area contributed by atoms with Crippen molar-refractivity contribution >= 4 is 0 Å². The van der Waals surface area contributed by atoms with E-state index in [2.05, 4.69) is 22.2 Å². The summed E-state index contributed by atoms with van der Waals surface area (Å²) in [7, 11) is 2.20. The second-order valence-electron chi connectivity index (χ2n) is 6.91. The molecule has 5 aliphatic rings. The zero-order chi connectivity index (χ0) is 11.5. The number of hydrogen-bond acceptors (Lipinski definition) is 3. The van der Waals surface area contributed by atoms with Crippen molar-refractivity contribution in [3.05, 3.63) is 0 Å². The van der Waals surface area contributed by atoms with Crippen molar-refractivity contribution in [2.75, 3.05) is 39.9 Å². The SMILES string of the molecule is CNC1C2CN3CN(C2)CC1(C1CCCC1)C3. The van der Waals surface area contributed by atoms with Crippen LogP contribution in [0.4, 0.5) is 0 Å². The molecule has 0 amide bonds. The summed E-state index contributed by atoms with van der Waals surface area (Å²) < 4.78 is 0. The van der Waals surface area contributed by atoms with Crippen molar-refractivity contribution in [2.45, 2.75) is 31.7 Å². The van der Waals surface area contributed by atoms with Crippen LogP contribution in [0.1, 0.15) is 25.7 Å². The van der Waals surface area contributed by atoms with Gasteiger partial charge in [0.05, 0.1) is 6.67 Å². The molecule has 4 heterocycles. The molecule has 3 heteroatoms. The highest BCUT2D eigenvalue weighted by molar-refractivity contribution is 5.12. The number of hydrogen-bond donors (Lipinski definition) is 1. The van der Waals surface area contributed by atoms with E-state index in [1.54, 1.807) is 0 Å². The molecule has 0 radical (unpaired) electrons. The minimum atomic E-state index is 0.588. The first-order chi connectivity index (χ1) is 8.32. The van der Waals surface area contributed by atoms with Crippen molar-refractivity contribution in [1.29, 1.82) is 0 Å². The van der Waals surface area contributed by atoms with E-state index in [0.717, 1.165) is 17.9 Å². The summed E-state index contributed by atoms with van der Waals surface area (Å²) in [5.74, 6) is 1.88. The van der Waals surface area contributed by atoms with E-state index in [4.69, 9.17) is 0 Å². The molecule has 17 heavy (non-hydrogen) atoms. The average Bonchev–Trinajstić information content (AvgIpc) is 2.81. The van der Waals surface area contributed by atoms with Crippen LogP contribution in [0.15, 0.2) is 0 Å². The van der Waals surface area contributed by atoms with Crippen LogP contribution in [-0.2, 0) is 0 Å². The summed E-state index contributed by atoms with van der Waals surface area (Å²) >= 11 is 0. The van der Waals surface area contributed by atoms with E-state index in [0.29, 0.717) is 5.41 Å². The van der Waals surface area contributed by atoms with Crippen LogP contribution in [-0.4, -0.2) is 55.7 Å². The van der Waals surface area contributed by atoms with Crippen molar-refractivity contribution < 1.29 is 0 Å². The molecule has 5 rings (SSSR count). The summed E-state index contributed by atoms with van der Waals surface area (Å²) in [5, 5.41) is 3.71. The highest BCUT2D eigenvalue weighted by atomic mass is 15.4. The fourth-order valence-electron chi connectivity index (χ4n) is 5.64. The summed E-state index contributed by atoms with van der Waals surface area (Å²) in [6, 6.07) is 0.790. The third kappa shape index (κ3) is 1.39. The van der Waals surface area contributed by atoms with E-state index < -0.39 is 0 Å². The molecule has 96 valence electrons. The molecule has 0 spiro atoms. The summed E-state index contributed by atoms with van der Waals surface area (Å²) in [4.78, 5) is 5.45. The maximum absolute atomic E-state index is 3.71. The van der Waals surface area contributed by atoms with Crippen LogP contribution < -0.4 is 5.32 Å². The quantitative estimate of drug-likeness (QED) is 0.769. The molecular formula is C14H25N3. The molecule has 0 aromatic heterocycles. The zero-order valence-electron chi connectivity index (χ0n) is 11.0. The monoisotopic (exact) mass is 235 g/mol. The molecule has 1 saturated carbocycles. The van der Waals surface area contributed by atoms with Crippen LogP contribution in [0.5, 0.6) is 0 Å². The van der Waals surface area contributed by atoms with Gasteiger partial charge in [-0.3, -0.25) is 9.80 Å². The van der Waals surface area contributed by atoms with Gasteiger partial charge in [-0.2, -0.15) is 0 Å². The molecular weight excluding hydrogens is 210 g/mol. The highest BCUT2D eigenvalue weighted by Crippen LogP contribution is 2.51. The lowest BCUT2D eigenvalue weighted by atomic mass is 9.59. The Labute approximate surface area is 105 Å². The van der Waals surface area contributed by atoms with E-state index in [1.165, 1.54) is 58.5 Å². The molecule has 4 aliphatic heterocycles. The highest BCUT2D eigenvalue weighted by Gasteiger charge is 2.58. The largest absolute Gasteiger partial charge is 0.316 e. The topological polar surface area (TPSA) is 18.5 Å². The van der Waals surface area contributed by atoms with E-state index >= 15 is 0 Å². The molecule has 3 unspecified atom stereocenters. The first-order valence-corrected chi connectivity index (χ1v) is 7.44. The lowest BCUT2D eigenvalue weighted by molar-refractivity contribution is -0.163. The molecule has 3 atom stereocenters. The third-order valence-electron chi connectivity index (χ3n) is 5.99. The Morgan fingerprint density at radius 3 is 2.29 bits per heavy atom. The van der Waals surface area contributed by atoms with E-state index in [-0.39, 0.29) is 0 Å². The molecule has 1 N–H and O–H groups in total. The Kier molecular flexibility index (Phi) is 2.34. The van der Waals surface area contributed by atoms with Crippen molar-refractivity contribution in [1.82, 2.24) is 15.1 Å². The molecule has 0 aromatic carbocycles. The fraction of sp³-hybridized carbons (Fsp3) is 1.00. The Morgan fingerprint density at radius 1 is 1.06 bits per heavy atom. The van der Waals surface area contributed by atoms with Gasteiger partial charge in [-0.05, 0) is 25.8 Å². The van der Waals surface area contributed by atoms with Gasteiger partial charge in [-0.15, -0.1) is 0 Å². The van der Waals surface area contributed by atoms with Crippen LogP contribution in [0, 0.1) is 17.3 Å². The van der Waals surface area contributed by atoms with Crippen LogP contribution >= 0.6 is 0 Å². The minimum absolute atomic E-state index is 0.588. The van der Waals surface area contributed by atoms with Crippen LogP contribution in [0.25, 0.3) is 0 Å². The first kappa shape index (κ1) is 10.8. The van der Waals surface area contributed by atoms with Gasteiger partial charge < -0.3 is 5.32 Å². The predicted octanol–water partition coefficient (Wildman–Crippen LogP) is 0.969. The van der Waals surface area contributed by atoms with Crippen LogP contribution in [0.2, 0.25) is 0 Å². The van der Waals surface area contributed by atoms with Crippen molar-refractivity contribution in [3.63, 3.8) is 0 Å². The maximum Gasteiger partial charge on any atom is 0.0506 e. The molecule has 4 saturated heterocycles. The van der Waals surface area contributed by atoms with Gasteiger partial charge in [0.2, 0.25) is 0 Å². The Morgan fingerprint density at radius 2 is 1.71 bits per heavy atom. The smallest absolute Gasteiger partial charge is 0.0506 e. The lowest BCUT2D eigenvalue weighted by Crippen LogP contribution is -2.77. The normalized spacial score (nSPS) is 53.5. The molecule has 0 aromatic rings. The van der Waals surface area contributed by atoms with Gasteiger partial charge >= 0.3 is 0 Å². The summed E-state index contributed by atoms with van der Waals surface area (Å²) in [6.07, 6.45) is 5.94. The zero-order valence-corrected chi connectivity index (χ0v) is 11.0. The van der Waals surface area contributed by atoms with Gasteiger partial charge in [-0.1, -0.05) is 12.8 Å². The number of nitrogens with zero attached hydrogens (tertiary/aromatic N) is 2. The standard InChI is InChI=1S/C14H25N3/c1-15-13-11-6-16-8-14(13,9-17(7-11)10-16)12-4-2-3-5-12/h11-13,15H,2-10H2,1H3. The second kappa shape index (κ2) is 3.69. The Bertz CT molecular complexity index is 297. The average molecular weight is 235 g/mol. The Hall–Kier alpha value is -0.120. The maximum atomic E-state index is 3.71. The second-order valence-corrected chi connectivity index (χ2v) is 6.91. The third-order valence-corrected chi connectivity index (χ3v) is 5.99. The van der Waals surface area contributed by atoms with Crippen molar-refractivity contribution in [2.24, 2.45) is 17.3 Å². The van der Waals surface area contributed by atoms with Gasteiger partial charge in [0.1, 0.15) is 0 Å².